The number of hydrogen-bond acceptors (Lipinski definition) is 2. The van der Waals surface area contributed by atoms with Gasteiger partial charge in [0.2, 0.25) is 0 Å². The summed E-state index contributed by atoms with van der Waals surface area (Å²) in [7, 11) is 1.64. The number of phenols is 1. The highest BCUT2D eigenvalue weighted by Crippen LogP contribution is 2.38. The molecular formula is C17H20O2. The first-order valence-corrected chi connectivity index (χ1v) is 6.40. The van der Waals surface area contributed by atoms with Crippen LogP contribution in [0.2, 0.25) is 0 Å². The smallest absolute Gasteiger partial charge is 0.127 e. The van der Waals surface area contributed by atoms with E-state index in [1.807, 2.05) is 42.5 Å². The Balaban J connectivity index is 2.57. The van der Waals surface area contributed by atoms with Crippen molar-refractivity contribution in [2.75, 3.05) is 7.11 Å². The van der Waals surface area contributed by atoms with Crippen molar-refractivity contribution in [2.45, 2.75) is 26.2 Å². The molecule has 0 fully saturated rings. The molecule has 0 aliphatic rings. The summed E-state index contributed by atoms with van der Waals surface area (Å²) < 4.78 is 5.23. The van der Waals surface area contributed by atoms with Crippen molar-refractivity contribution < 1.29 is 9.84 Å². The Hall–Kier alpha value is -1.96. The van der Waals surface area contributed by atoms with Crippen LogP contribution >= 0.6 is 0 Å². The monoisotopic (exact) mass is 256 g/mol. The van der Waals surface area contributed by atoms with E-state index >= 15 is 0 Å². The normalized spacial score (nSPS) is 11.4. The molecule has 0 heterocycles. The third-order valence-electron chi connectivity index (χ3n) is 3.22. The molecule has 0 saturated heterocycles. The van der Waals surface area contributed by atoms with E-state index in [0.717, 1.165) is 22.4 Å². The van der Waals surface area contributed by atoms with Gasteiger partial charge in [0, 0.05) is 5.56 Å². The molecule has 2 aromatic carbocycles. The minimum Gasteiger partial charge on any atom is -0.507 e. The lowest BCUT2D eigenvalue weighted by Crippen LogP contribution is -2.11. The summed E-state index contributed by atoms with van der Waals surface area (Å²) in [6, 6.07) is 13.6. The number of hydrogen-bond donors (Lipinski definition) is 1. The molecule has 2 rings (SSSR count). The molecule has 0 radical (unpaired) electrons. The first kappa shape index (κ1) is 13.5. The van der Waals surface area contributed by atoms with Crippen molar-refractivity contribution in [1.29, 1.82) is 0 Å². The summed E-state index contributed by atoms with van der Waals surface area (Å²) in [6.45, 7) is 6.28. The number of phenolic OH excluding ortho intramolecular Hbond substituents is 1. The number of ether oxygens (including phenoxy) is 1. The lowest BCUT2D eigenvalue weighted by atomic mass is 9.84. The molecule has 19 heavy (non-hydrogen) atoms. The summed E-state index contributed by atoms with van der Waals surface area (Å²) in [5.74, 6) is 1.14. The molecule has 0 aromatic heterocycles. The van der Waals surface area contributed by atoms with Gasteiger partial charge in [-0.2, -0.15) is 0 Å². The summed E-state index contributed by atoms with van der Waals surface area (Å²) in [5.41, 5.74) is 2.67. The quantitative estimate of drug-likeness (QED) is 0.864. The molecule has 2 heteroatoms. The van der Waals surface area contributed by atoms with Gasteiger partial charge in [-0.25, -0.2) is 0 Å². The first-order valence-electron chi connectivity index (χ1n) is 6.40. The van der Waals surface area contributed by atoms with Crippen molar-refractivity contribution in [2.24, 2.45) is 0 Å². The van der Waals surface area contributed by atoms with Crippen LogP contribution in [0.1, 0.15) is 26.3 Å². The van der Waals surface area contributed by atoms with Gasteiger partial charge in [0.25, 0.3) is 0 Å². The standard InChI is InChI=1S/C17H20O2/c1-17(2,3)15-10-6-9-14(16(15)18)12-7-5-8-13(11-12)19-4/h5-11,18H,1-4H3. The molecule has 0 bridgehead atoms. The Kier molecular flexibility index (Phi) is 3.52. The number of methoxy groups -OCH3 is 1. The van der Waals surface area contributed by atoms with E-state index < -0.39 is 0 Å². The van der Waals surface area contributed by atoms with Crippen LogP contribution in [-0.4, -0.2) is 12.2 Å². The van der Waals surface area contributed by atoms with Gasteiger partial charge in [-0.1, -0.05) is 51.1 Å². The van der Waals surface area contributed by atoms with E-state index in [0.29, 0.717) is 5.75 Å². The highest BCUT2D eigenvalue weighted by atomic mass is 16.5. The molecule has 0 spiro atoms. The van der Waals surface area contributed by atoms with Crippen LogP contribution in [0.15, 0.2) is 42.5 Å². The Morgan fingerprint density at radius 1 is 1.00 bits per heavy atom. The number of para-hydroxylation sites is 1. The van der Waals surface area contributed by atoms with Crippen LogP contribution < -0.4 is 4.74 Å². The minimum absolute atomic E-state index is 0.0844. The second-order valence-corrected chi connectivity index (χ2v) is 5.68. The van der Waals surface area contributed by atoms with Gasteiger partial charge in [0.1, 0.15) is 11.5 Å². The molecule has 0 atom stereocenters. The fourth-order valence-electron chi connectivity index (χ4n) is 2.17. The maximum Gasteiger partial charge on any atom is 0.127 e. The lowest BCUT2D eigenvalue weighted by molar-refractivity contribution is 0.415. The van der Waals surface area contributed by atoms with E-state index in [1.165, 1.54) is 0 Å². The van der Waals surface area contributed by atoms with Gasteiger partial charge in [0.05, 0.1) is 7.11 Å². The fraction of sp³-hybridized carbons (Fsp3) is 0.294. The summed E-state index contributed by atoms with van der Waals surface area (Å²) >= 11 is 0. The van der Waals surface area contributed by atoms with E-state index in [2.05, 4.69) is 20.8 Å². The zero-order chi connectivity index (χ0) is 14.0. The molecule has 1 N–H and O–H groups in total. The van der Waals surface area contributed by atoms with Gasteiger partial charge in [-0.15, -0.1) is 0 Å². The van der Waals surface area contributed by atoms with Crippen molar-refractivity contribution in [3.8, 4) is 22.6 Å². The Morgan fingerprint density at radius 2 is 1.68 bits per heavy atom. The molecule has 0 saturated carbocycles. The molecule has 2 nitrogen and oxygen atoms in total. The van der Waals surface area contributed by atoms with Gasteiger partial charge >= 0.3 is 0 Å². The summed E-state index contributed by atoms with van der Waals surface area (Å²) in [5, 5.41) is 10.5. The van der Waals surface area contributed by atoms with E-state index in [-0.39, 0.29) is 5.41 Å². The Morgan fingerprint density at radius 3 is 2.32 bits per heavy atom. The van der Waals surface area contributed by atoms with Gasteiger partial charge < -0.3 is 9.84 Å². The predicted molar refractivity (Wildman–Crippen MR) is 78.8 cm³/mol. The SMILES string of the molecule is COc1cccc(-c2cccc(C(C)(C)C)c2O)c1. The summed E-state index contributed by atoms with van der Waals surface area (Å²) in [6.07, 6.45) is 0. The van der Waals surface area contributed by atoms with Crippen molar-refractivity contribution >= 4 is 0 Å². The second kappa shape index (κ2) is 4.96. The zero-order valence-corrected chi connectivity index (χ0v) is 11.9. The Labute approximate surface area is 114 Å². The van der Waals surface area contributed by atoms with Gasteiger partial charge in [-0.3, -0.25) is 0 Å². The minimum atomic E-state index is -0.0844. The van der Waals surface area contributed by atoms with Crippen molar-refractivity contribution in [3.05, 3.63) is 48.0 Å². The second-order valence-electron chi connectivity index (χ2n) is 5.68. The molecule has 0 unspecified atom stereocenters. The molecule has 0 aliphatic heterocycles. The lowest BCUT2D eigenvalue weighted by Gasteiger charge is -2.22. The topological polar surface area (TPSA) is 29.5 Å². The number of aromatic hydroxyl groups is 1. The maximum absolute atomic E-state index is 10.5. The predicted octanol–water partition coefficient (Wildman–Crippen LogP) is 4.37. The number of benzene rings is 2. The highest BCUT2D eigenvalue weighted by Gasteiger charge is 2.20. The summed E-state index contributed by atoms with van der Waals surface area (Å²) in [4.78, 5) is 0. The van der Waals surface area contributed by atoms with Crippen molar-refractivity contribution in [1.82, 2.24) is 0 Å². The van der Waals surface area contributed by atoms with Crippen LogP contribution in [-0.2, 0) is 5.41 Å². The Bertz CT molecular complexity index is 580. The van der Waals surface area contributed by atoms with E-state index in [9.17, 15) is 5.11 Å². The van der Waals surface area contributed by atoms with Gasteiger partial charge in [-0.05, 0) is 28.7 Å². The molecule has 0 aliphatic carbocycles. The average Bonchev–Trinajstić information content (AvgIpc) is 2.37. The molecular weight excluding hydrogens is 236 g/mol. The maximum atomic E-state index is 10.5. The van der Waals surface area contributed by atoms with E-state index in [1.54, 1.807) is 7.11 Å². The van der Waals surface area contributed by atoms with Crippen LogP contribution in [0.25, 0.3) is 11.1 Å². The largest absolute Gasteiger partial charge is 0.507 e. The van der Waals surface area contributed by atoms with Crippen molar-refractivity contribution in [3.63, 3.8) is 0 Å². The highest BCUT2D eigenvalue weighted by molar-refractivity contribution is 5.73. The molecule has 0 amide bonds. The first-order chi connectivity index (χ1) is 8.93. The fourth-order valence-corrected chi connectivity index (χ4v) is 2.17. The van der Waals surface area contributed by atoms with Crippen LogP contribution in [0.5, 0.6) is 11.5 Å². The molecule has 100 valence electrons. The third kappa shape index (κ3) is 2.73. The average molecular weight is 256 g/mol. The van der Waals surface area contributed by atoms with Gasteiger partial charge in [0.15, 0.2) is 0 Å². The van der Waals surface area contributed by atoms with Crippen LogP contribution in [0.3, 0.4) is 0 Å². The van der Waals surface area contributed by atoms with Crippen LogP contribution in [0.4, 0.5) is 0 Å². The third-order valence-corrected chi connectivity index (χ3v) is 3.22. The molecule has 2 aromatic rings. The number of rotatable bonds is 2. The van der Waals surface area contributed by atoms with E-state index in [4.69, 9.17) is 4.74 Å². The van der Waals surface area contributed by atoms with Crippen LogP contribution in [0, 0.1) is 0 Å². The zero-order valence-electron chi connectivity index (χ0n) is 11.9.